The van der Waals surface area contributed by atoms with Crippen molar-refractivity contribution in [1.82, 2.24) is 15.1 Å². The van der Waals surface area contributed by atoms with Gasteiger partial charge in [-0.25, -0.2) is 0 Å². The molecule has 1 heterocycles. The molecule has 0 aromatic heterocycles. The van der Waals surface area contributed by atoms with Crippen molar-refractivity contribution in [1.29, 1.82) is 0 Å². The number of rotatable bonds is 8. The minimum atomic E-state index is -0.138. The highest BCUT2D eigenvalue weighted by Crippen LogP contribution is 2.15. The molecule has 1 aliphatic heterocycles. The zero-order valence-corrected chi connectivity index (χ0v) is 14.6. The molecule has 0 spiro atoms. The second-order valence-corrected chi connectivity index (χ2v) is 6.22. The molecule has 1 aliphatic rings. The molecule has 0 unspecified atom stereocenters. The molecule has 1 N–H and O–H groups in total. The van der Waals surface area contributed by atoms with Crippen LogP contribution in [0.3, 0.4) is 0 Å². The number of ether oxygens (including phenoxy) is 1. The summed E-state index contributed by atoms with van der Waals surface area (Å²) in [6, 6.07) is 7.86. The van der Waals surface area contributed by atoms with E-state index in [2.05, 4.69) is 5.32 Å². The van der Waals surface area contributed by atoms with E-state index >= 15 is 0 Å². The summed E-state index contributed by atoms with van der Waals surface area (Å²) in [6.07, 6.45) is 2.12. The van der Waals surface area contributed by atoms with Crippen molar-refractivity contribution in [2.45, 2.75) is 19.8 Å². The lowest BCUT2D eigenvalue weighted by atomic mass is 10.2. The average Bonchev–Trinajstić information content (AvgIpc) is 3.09. The Morgan fingerprint density at radius 2 is 1.96 bits per heavy atom. The number of nitrogens with one attached hydrogen (secondary N) is 1. The maximum absolute atomic E-state index is 11.9. The van der Waals surface area contributed by atoms with E-state index in [4.69, 9.17) is 4.74 Å². The van der Waals surface area contributed by atoms with Crippen LogP contribution in [0.1, 0.15) is 18.4 Å². The Balaban J connectivity index is 1.61. The second kappa shape index (κ2) is 9.27. The van der Waals surface area contributed by atoms with Crippen LogP contribution in [-0.2, 0) is 9.59 Å². The molecular formula is C18H27N3O3. The van der Waals surface area contributed by atoms with Crippen LogP contribution in [0.25, 0.3) is 0 Å². The van der Waals surface area contributed by atoms with Gasteiger partial charge in [0.1, 0.15) is 12.4 Å². The van der Waals surface area contributed by atoms with Gasteiger partial charge in [-0.1, -0.05) is 18.2 Å². The van der Waals surface area contributed by atoms with Gasteiger partial charge >= 0.3 is 0 Å². The number of aryl methyl sites for hydroxylation is 1. The Bertz CT molecular complexity index is 556. The van der Waals surface area contributed by atoms with Gasteiger partial charge in [0.15, 0.2) is 0 Å². The number of benzene rings is 1. The van der Waals surface area contributed by atoms with E-state index in [1.54, 1.807) is 4.90 Å². The predicted molar refractivity (Wildman–Crippen MR) is 93.0 cm³/mol. The zero-order valence-electron chi connectivity index (χ0n) is 14.6. The summed E-state index contributed by atoms with van der Waals surface area (Å²) in [5.74, 6) is 0.735. The van der Waals surface area contributed by atoms with E-state index in [9.17, 15) is 9.59 Å². The van der Waals surface area contributed by atoms with E-state index < -0.39 is 0 Å². The lowest BCUT2D eigenvalue weighted by Crippen LogP contribution is -2.42. The van der Waals surface area contributed by atoms with Crippen LogP contribution in [0.2, 0.25) is 0 Å². The number of nitrogens with zero attached hydrogens (tertiary/aromatic N) is 2. The number of carbonyl (C=O) groups is 2. The molecule has 1 saturated heterocycles. The third kappa shape index (κ3) is 5.85. The van der Waals surface area contributed by atoms with Crippen LogP contribution in [0.4, 0.5) is 0 Å². The molecule has 0 aliphatic carbocycles. The summed E-state index contributed by atoms with van der Waals surface area (Å²) in [5, 5.41) is 2.69. The van der Waals surface area contributed by atoms with Gasteiger partial charge < -0.3 is 15.0 Å². The normalized spacial score (nSPS) is 14.0. The fraction of sp³-hybridized carbons (Fsp3) is 0.556. The molecule has 0 bridgehead atoms. The van der Waals surface area contributed by atoms with Crippen molar-refractivity contribution in [3.05, 3.63) is 29.8 Å². The van der Waals surface area contributed by atoms with Gasteiger partial charge in [0, 0.05) is 19.6 Å². The van der Waals surface area contributed by atoms with Crippen molar-refractivity contribution in [2.75, 3.05) is 46.4 Å². The summed E-state index contributed by atoms with van der Waals surface area (Å²) in [6.45, 7) is 5.12. The highest BCUT2D eigenvalue weighted by molar-refractivity contribution is 5.85. The van der Waals surface area contributed by atoms with Crippen LogP contribution in [0.5, 0.6) is 5.75 Å². The van der Waals surface area contributed by atoms with Crippen molar-refractivity contribution in [2.24, 2.45) is 0 Å². The Morgan fingerprint density at radius 1 is 1.25 bits per heavy atom. The Morgan fingerprint density at radius 3 is 2.67 bits per heavy atom. The van der Waals surface area contributed by atoms with Crippen molar-refractivity contribution in [3.63, 3.8) is 0 Å². The standard InChI is InChI=1S/C18H27N3O3/c1-15-7-3-4-8-16(15)24-12-11-20(2)14-17(22)19-13-18(23)21-9-5-6-10-21/h3-4,7-8H,5-6,9-14H2,1-2H3,(H,19,22). The maximum atomic E-state index is 11.9. The van der Waals surface area contributed by atoms with Crippen molar-refractivity contribution >= 4 is 11.8 Å². The quantitative estimate of drug-likeness (QED) is 0.772. The number of carbonyl (C=O) groups excluding carboxylic acids is 2. The lowest BCUT2D eigenvalue weighted by Gasteiger charge is -2.18. The number of amides is 2. The van der Waals surface area contributed by atoms with E-state index in [1.807, 2.05) is 43.1 Å². The molecule has 1 aromatic carbocycles. The first kappa shape index (κ1) is 18.3. The fourth-order valence-corrected chi connectivity index (χ4v) is 2.66. The van der Waals surface area contributed by atoms with Gasteiger partial charge in [-0.2, -0.15) is 0 Å². The smallest absolute Gasteiger partial charge is 0.241 e. The van der Waals surface area contributed by atoms with Crippen molar-refractivity contribution < 1.29 is 14.3 Å². The topological polar surface area (TPSA) is 61.9 Å². The number of hydrogen-bond donors (Lipinski definition) is 1. The van der Waals surface area contributed by atoms with Crippen LogP contribution in [-0.4, -0.2) is 68.0 Å². The first-order valence-electron chi connectivity index (χ1n) is 8.47. The Kier molecular flexibility index (Phi) is 7.06. The first-order valence-corrected chi connectivity index (χ1v) is 8.47. The van der Waals surface area contributed by atoms with Crippen LogP contribution in [0, 0.1) is 6.92 Å². The molecular weight excluding hydrogens is 306 g/mol. The Labute approximate surface area is 143 Å². The van der Waals surface area contributed by atoms with Gasteiger partial charge in [-0.3, -0.25) is 14.5 Å². The minimum Gasteiger partial charge on any atom is -0.492 e. The largest absolute Gasteiger partial charge is 0.492 e. The molecule has 1 aromatic rings. The molecule has 0 radical (unpaired) electrons. The molecule has 0 atom stereocenters. The van der Waals surface area contributed by atoms with Crippen molar-refractivity contribution in [3.8, 4) is 5.75 Å². The van der Waals surface area contributed by atoms with Gasteiger partial charge in [-0.15, -0.1) is 0 Å². The number of likely N-dealkylation sites (tertiary alicyclic amines) is 1. The summed E-state index contributed by atoms with van der Waals surface area (Å²) in [5.41, 5.74) is 1.10. The monoisotopic (exact) mass is 333 g/mol. The van der Waals surface area contributed by atoms with E-state index in [0.717, 1.165) is 37.2 Å². The molecule has 24 heavy (non-hydrogen) atoms. The van der Waals surface area contributed by atoms with Gasteiger partial charge in [-0.05, 0) is 38.4 Å². The van der Waals surface area contributed by atoms with Gasteiger partial charge in [0.25, 0.3) is 0 Å². The molecule has 1 fully saturated rings. The molecule has 6 nitrogen and oxygen atoms in total. The van der Waals surface area contributed by atoms with E-state index in [1.165, 1.54) is 0 Å². The van der Waals surface area contributed by atoms with Gasteiger partial charge in [0.05, 0.1) is 13.1 Å². The predicted octanol–water partition coefficient (Wildman–Crippen LogP) is 1.04. The third-order valence-electron chi connectivity index (χ3n) is 4.13. The average molecular weight is 333 g/mol. The molecule has 2 rings (SSSR count). The number of likely N-dealkylation sites (N-methyl/N-ethyl adjacent to an activating group) is 1. The maximum Gasteiger partial charge on any atom is 0.241 e. The number of para-hydroxylation sites is 1. The summed E-state index contributed by atoms with van der Waals surface area (Å²) >= 11 is 0. The Hall–Kier alpha value is -2.08. The summed E-state index contributed by atoms with van der Waals surface area (Å²) in [4.78, 5) is 27.5. The highest BCUT2D eigenvalue weighted by Gasteiger charge is 2.18. The van der Waals surface area contributed by atoms with E-state index in [-0.39, 0.29) is 24.9 Å². The highest BCUT2D eigenvalue weighted by atomic mass is 16.5. The number of hydrogen-bond acceptors (Lipinski definition) is 4. The van der Waals surface area contributed by atoms with Gasteiger partial charge in [0.2, 0.25) is 11.8 Å². The molecule has 2 amide bonds. The molecule has 6 heteroatoms. The first-order chi connectivity index (χ1) is 11.6. The summed E-state index contributed by atoms with van der Waals surface area (Å²) in [7, 11) is 1.86. The molecule has 132 valence electrons. The van der Waals surface area contributed by atoms with Crippen LogP contribution >= 0.6 is 0 Å². The minimum absolute atomic E-state index is 0.00592. The zero-order chi connectivity index (χ0) is 17.4. The van der Waals surface area contributed by atoms with E-state index in [0.29, 0.717) is 13.2 Å². The fourth-order valence-electron chi connectivity index (χ4n) is 2.66. The lowest BCUT2D eigenvalue weighted by molar-refractivity contribution is -0.132. The third-order valence-corrected chi connectivity index (χ3v) is 4.13. The second-order valence-electron chi connectivity index (χ2n) is 6.22. The molecule has 0 saturated carbocycles. The van der Waals surface area contributed by atoms with Crippen LogP contribution in [0.15, 0.2) is 24.3 Å². The van der Waals surface area contributed by atoms with Crippen LogP contribution < -0.4 is 10.1 Å². The summed E-state index contributed by atoms with van der Waals surface area (Å²) < 4.78 is 5.72. The SMILES string of the molecule is Cc1ccccc1OCCN(C)CC(=O)NCC(=O)N1CCCC1.